The van der Waals surface area contributed by atoms with Crippen LogP contribution in [0.1, 0.15) is 0 Å². The Morgan fingerprint density at radius 3 is 2.39 bits per heavy atom. The molecule has 0 bridgehead atoms. The fourth-order valence-electron chi connectivity index (χ4n) is 3.28. The zero-order valence-corrected chi connectivity index (χ0v) is 19.7. The van der Waals surface area contributed by atoms with Crippen LogP contribution in [0.15, 0.2) is 53.1 Å². The lowest BCUT2D eigenvalue weighted by atomic mass is 10.1. The molecule has 0 aliphatic heterocycles. The van der Waals surface area contributed by atoms with E-state index in [9.17, 15) is 9.18 Å². The summed E-state index contributed by atoms with van der Waals surface area (Å²) in [5, 5.41) is 6.34. The summed E-state index contributed by atoms with van der Waals surface area (Å²) in [5.74, 6) is 0.939. The van der Waals surface area contributed by atoms with Crippen LogP contribution in [0.2, 0.25) is 0 Å². The van der Waals surface area contributed by atoms with Gasteiger partial charge in [0, 0.05) is 28.8 Å². The quantitative estimate of drug-likeness (QED) is 0.269. The molecule has 10 heteroatoms. The number of aromatic nitrogens is 2. The fraction of sp³-hybridized carbons (Fsp3) is 0.174. The minimum Gasteiger partial charge on any atom is -0.493 e. The number of hydrogen-bond donors (Lipinski definition) is 1. The highest BCUT2D eigenvalue weighted by molar-refractivity contribution is 8.00. The summed E-state index contributed by atoms with van der Waals surface area (Å²) in [6, 6.07) is 9.60. The number of rotatable bonds is 8. The Morgan fingerprint density at radius 2 is 1.76 bits per heavy atom. The van der Waals surface area contributed by atoms with E-state index < -0.39 is 0 Å². The zero-order chi connectivity index (χ0) is 23.4. The number of nitrogens with zero attached hydrogens (tertiary/aromatic N) is 2. The Bertz CT molecular complexity index is 1270. The largest absolute Gasteiger partial charge is 0.493 e. The number of nitrogens with one attached hydrogen (secondary N) is 1. The third-order valence-electron chi connectivity index (χ3n) is 4.78. The van der Waals surface area contributed by atoms with E-state index >= 15 is 0 Å². The number of halogens is 1. The highest BCUT2D eigenvalue weighted by atomic mass is 32.2. The molecule has 0 spiro atoms. The monoisotopic (exact) mass is 485 g/mol. The van der Waals surface area contributed by atoms with E-state index in [1.807, 2.05) is 5.38 Å². The Hall–Kier alpha value is -3.37. The molecule has 0 unspecified atom stereocenters. The van der Waals surface area contributed by atoms with Crippen molar-refractivity contribution in [2.75, 3.05) is 32.4 Å². The molecule has 1 amide bonds. The summed E-state index contributed by atoms with van der Waals surface area (Å²) < 4.78 is 29.3. The Labute approximate surface area is 197 Å². The number of thioether (sulfide) groups is 1. The third-order valence-corrected chi connectivity index (χ3v) is 6.65. The van der Waals surface area contributed by atoms with Crippen molar-refractivity contribution in [1.29, 1.82) is 0 Å². The predicted octanol–water partition coefficient (Wildman–Crippen LogP) is 5.25. The number of anilines is 1. The third kappa shape index (κ3) is 4.86. The van der Waals surface area contributed by atoms with Crippen molar-refractivity contribution in [3.8, 4) is 28.4 Å². The van der Waals surface area contributed by atoms with Crippen molar-refractivity contribution in [1.82, 2.24) is 9.97 Å². The maximum Gasteiger partial charge on any atom is 0.234 e. The van der Waals surface area contributed by atoms with E-state index in [4.69, 9.17) is 14.2 Å². The molecule has 4 aromatic rings. The molecule has 0 saturated carbocycles. The van der Waals surface area contributed by atoms with Gasteiger partial charge in [0.25, 0.3) is 0 Å². The molecule has 0 atom stereocenters. The maximum atomic E-state index is 13.4. The number of hydrogen-bond acceptors (Lipinski definition) is 8. The van der Waals surface area contributed by atoms with E-state index in [2.05, 4.69) is 15.3 Å². The van der Waals surface area contributed by atoms with Gasteiger partial charge in [-0.25, -0.2) is 14.4 Å². The average Bonchev–Trinajstić information content (AvgIpc) is 3.27. The number of carbonyl (C=O) groups excluding carboxylic acids is 1. The summed E-state index contributed by atoms with van der Waals surface area (Å²) in [6.07, 6.45) is 1.48. The standard InChI is InChI=1S/C23H20FN3O4S2/c1-29-17-8-15(9-18(30-2)21(17)31-3)27-19(28)11-33-23-20-16(10-32-22(20)25-12-26-23)13-4-6-14(24)7-5-13/h4-10,12H,11H2,1-3H3,(H,27,28). The van der Waals surface area contributed by atoms with Gasteiger partial charge in [-0.1, -0.05) is 23.9 Å². The molecular formula is C23H20FN3O4S2. The van der Waals surface area contributed by atoms with Crippen molar-refractivity contribution < 1.29 is 23.4 Å². The number of ether oxygens (including phenoxy) is 3. The SMILES string of the molecule is COc1cc(NC(=O)CSc2ncnc3scc(-c4ccc(F)cc4)c23)cc(OC)c1OC. The van der Waals surface area contributed by atoms with Crippen LogP contribution in [-0.2, 0) is 4.79 Å². The van der Waals surface area contributed by atoms with Crippen molar-refractivity contribution in [3.05, 3.63) is 53.9 Å². The summed E-state index contributed by atoms with van der Waals surface area (Å²) in [6.45, 7) is 0. The van der Waals surface area contributed by atoms with Crippen molar-refractivity contribution in [2.45, 2.75) is 5.03 Å². The van der Waals surface area contributed by atoms with Gasteiger partial charge in [0.2, 0.25) is 11.7 Å². The number of fused-ring (bicyclic) bond motifs is 1. The molecule has 2 aromatic carbocycles. The van der Waals surface area contributed by atoms with E-state index in [0.717, 1.165) is 21.3 Å². The highest BCUT2D eigenvalue weighted by Gasteiger charge is 2.17. The van der Waals surface area contributed by atoms with Gasteiger partial charge in [0.15, 0.2) is 11.5 Å². The van der Waals surface area contributed by atoms with Gasteiger partial charge < -0.3 is 19.5 Å². The van der Waals surface area contributed by atoms with E-state index in [0.29, 0.717) is 28.0 Å². The number of methoxy groups -OCH3 is 3. The first-order valence-electron chi connectivity index (χ1n) is 9.74. The molecule has 2 aromatic heterocycles. The van der Waals surface area contributed by atoms with Crippen molar-refractivity contribution in [3.63, 3.8) is 0 Å². The van der Waals surface area contributed by atoms with Gasteiger partial charge in [-0.05, 0) is 17.7 Å². The number of benzene rings is 2. The summed E-state index contributed by atoms with van der Waals surface area (Å²) in [7, 11) is 4.54. The fourth-order valence-corrected chi connectivity index (χ4v) is 5.08. The highest BCUT2D eigenvalue weighted by Crippen LogP contribution is 2.40. The molecule has 0 saturated heterocycles. The van der Waals surface area contributed by atoms with Gasteiger partial charge in [-0.3, -0.25) is 4.79 Å². The van der Waals surface area contributed by atoms with Gasteiger partial charge in [-0.15, -0.1) is 11.3 Å². The van der Waals surface area contributed by atoms with Crippen LogP contribution in [0.3, 0.4) is 0 Å². The molecule has 7 nitrogen and oxygen atoms in total. The molecule has 0 radical (unpaired) electrons. The smallest absolute Gasteiger partial charge is 0.234 e. The Balaban J connectivity index is 1.54. The number of amides is 1. The first-order valence-corrected chi connectivity index (χ1v) is 11.6. The van der Waals surface area contributed by atoms with E-state index in [1.165, 1.54) is 62.9 Å². The van der Waals surface area contributed by atoms with Crippen LogP contribution >= 0.6 is 23.1 Å². The number of thiophene rings is 1. The number of carbonyl (C=O) groups is 1. The Morgan fingerprint density at radius 1 is 1.06 bits per heavy atom. The molecule has 4 rings (SSSR count). The van der Waals surface area contributed by atoms with Crippen molar-refractivity contribution >= 4 is 44.9 Å². The minimum atomic E-state index is -0.299. The van der Waals surface area contributed by atoms with Gasteiger partial charge in [-0.2, -0.15) is 0 Å². The lowest BCUT2D eigenvalue weighted by Gasteiger charge is -2.14. The molecule has 1 N–H and O–H groups in total. The molecule has 0 aliphatic carbocycles. The molecule has 33 heavy (non-hydrogen) atoms. The second-order valence-corrected chi connectivity index (χ2v) is 8.59. The second kappa shape index (κ2) is 10.1. The second-order valence-electron chi connectivity index (χ2n) is 6.77. The maximum absolute atomic E-state index is 13.4. The zero-order valence-electron chi connectivity index (χ0n) is 18.0. The van der Waals surface area contributed by atoms with Gasteiger partial charge in [0.1, 0.15) is 22.0 Å². The van der Waals surface area contributed by atoms with Crippen LogP contribution in [0.25, 0.3) is 21.3 Å². The lowest BCUT2D eigenvalue weighted by molar-refractivity contribution is -0.113. The molecule has 2 heterocycles. The first-order chi connectivity index (χ1) is 16.0. The topological polar surface area (TPSA) is 82.6 Å². The summed E-state index contributed by atoms with van der Waals surface area (Å²) >= 11 is 2.78. The van der Waals surface area contributed by atoms with Gasteiger partial charge in [0.05, 0.1) is 32.5 Å². The van der Waals surface area contributed by atoms with Gasteiger partial charge >= 0.3 is 0 Å². The minimum absolute atomic E-state index is 0.126. The molecular weight excluding hydrogens is 465 g/mol. The van der Waals surface area contributed by atoms with E-state index in [1.54, 1.807) is 24.3 Å². The summed E-state index contributed by atoms with van der Waals surface area (Å²) in [4.78, 5) is 22.2. The molecule has 170 valence electrons. The van der Waals surface area contributed by atoms with E-state index in [-0.39, 0.29) is 17.5 Å². The summed E-state index contributed by atoms with van der Waals surface area (Å²) in [5.41, 5.74) is 2.29. The first kappa shape index (κ1) is 22.8. The van der Waals surface area contributed by atoms with Crippen LogP contribution in [-0.4, -0.2) is 43.0 Å². The van der Waals surface area contributed by atoms with Crippen molar-refractivity contribution in [2.24, 2.45) is 0 Å². The molecule has 0 aliphatic rings. The van der Waals surface area contributed by atoms with Crippen LogP contribution in [0.5, 0.6) is 17.2 Å². The van der Waals surface area contributed by atoms with Crippen LogP contribution in [0.4, 0.5) is 10.1 Å². The normalized spacial score (nSPS) is 10.8. The average molecular weight is 486 g/mol. The Kier molecular flexibility index (Phi) is 6.95. The lowest BCUT2D eigenvalue weighted by Crippen LogP contribution is -2.14. The molecule has 0 fully saturated rings. The van der Waals surface area contributed by atoms with Crippen LogP contribution in [0, 0.1) is 5.82 Å². The predicted molar refractivity (Wildman–Crippen MR) is 128 cm³/mol. The van der Waals surface area contributed by atoms with Crippen LogP contribution < -0.4 is 19.5 Å².